The zero-order chi connectivity index (χ0) is 11.5. The number of hydrogen-bond donors (Lipinski definition) is 0. The number of nitrogens with zero attached hydrogens (tertiary/aromatic N) is 1. The third-order valence-corrected chi connectivity index (χ3v) is 2.33. The van der Waals surface area contributed by atoms with Crippen molar-refractivity contribution in [2.24, 2.45) is 0 Å². The summed E-state index contributed by atoms with van der Waals surface area (Å²) in [7, 11) is 0. The highest BCUT2D eigenvalue weighted by atomic mass is 19.1. The molecule has 1 heterocycles. The molecule has 0 spiro atoms. The summed E-state index contributed by atoms with van der Waals surface area (Å²) in [4.78, 5) is 14.9. The topological polar surface area (TPSA) is 30.0 Å². The van der Waals surface area contributed by atoms with Crippen LogP contribution >= 0.6 is 0 Å². The first kappa shape index (κ1) is 10.5. The highest BCUT2D eigenvalue weighted by Crippen LogP contribution is 2.23. The molecule has 2 aromatic rings. The molecule has 0 aliphatic heterocycles. The summed E-state index contributed by atoms with van der Waals surface area (Å²) in [5, 5.41) is 0. The highest BCUT2D eigenvalue weighted by Gasteiger charge is 2.06. The van der Waals surface area contributed by atoms with Gasteiger partial charge in [0.05, 0.1) is 0 Å². The molecule has 16 heavy (non-hydrogen) atoms. The van der Waals surface area contributed by atoms with Crippen LogP contribution in [0.2, 0.25) is 0 Å². The monoisotopic (exact) mass is 215 g/mol. The lowest BCUT2D eigenvalue weighted by atomic mass is 10.0. The number of carbonyl (C=O) groups is 1. The predicted molar refractivity (Wildman–Crippen MR) is 59.8 cm³/mol. The Kier molecular flexibility index (Phi) is 2.77. The van der Waals surface area contributed by atoms with E-state index in [0.29, 0.717) is 11.1 Å². The van der Waals surface area contributed by atoms with Gasteiger partial charge in [0.2, 0.25) is 0 Å². The minimum absolute atomic E-state index is 0.359. The number of pyridine rings is 1. The summed E-state index contributed by atoms with van der Waals surface area (Å²) < 4.78 is 13.1. The Labute approximate surface area is 92.8 Å². The number of rotatable bonds is 2. The van der Waals surface area contributed by atoms with E-state index in [1.165, 1.54) is 18.2 Å². The standard InChI is InChI=1S/C13H10FNO/c1-9-4-11(7-15-6-9)13-5-12(14)3-2-10(13)8-16/h2-8H,1H3. The van der Waals surface area contributed by atoms with Crippen molar-refractivity contribution in [3.63, 3.8) is 0 Å². The second-order valence-corrected chi connectivity index (χ2v) is 3.60. The Hall–Kier alpha value is -2.03. The Balaban J connectivity index is 2.62. The average molecular weight is 215 g/mol. The van der Waals surface area contributed by atoms with Crippen molar-refractivity contribution in [2.75, 3.05) is 0 Å². The predicted octanol–water partition coefficient (Wildman–Crippen LogP) is 3.01. The molecule has 0 fully saturated rings. The lowest BCUT2D eigenvalue weighted by molar-refractivity contribution is 0.112. The van der Waals surface area contributed by atoms with Gasteiger partial charge in [-0.3, -0.25) is 9.78 Å². The summed E-state index contributed by atoms with van der Waals surface area (Å²) in [5.41, 5.74) is 2.76. The summed E-state index contributed by atoms with van der Waals surface area (Å²) in [6.07, 6.45) is 4.05. The number of halogens is 1. The van der Waals surface area contributed by atoms with Gasteiger partial charge >= 0.3 is 0 Å². The van der Waals surface area contributed by atoms with E-state index < -0.39 is 0 Å². The van der Waals surface area contributed by atoms with Crippen LogP contribution in [0.25, 0.3) is 11.1 Å². The minimum Gasteiger partial charge on any atom is -0.298 e. The molecule has 0 amide bonds. The molecule has 0 atom stereocenters. The number of benzene rings is 1. The van der Waals surface area contributed by atoms with Gasteiger partial charge in [-0.25, -0.2) is 4.39 Å². The van der Waals surface area contributed by atoms with E-state index in [-0.39, 0.29) is 5.82 Å². The normalized spacial score (nSPS) is 10.1. The van der Waals surface area contributed by atoms with Gasteiger partial charge in [-0.05, 0) is 42.3 Å². The number of aromatic nitrogens is 1. The van der Waals surface area contributed by atoms with E-state index in [1.807, 2.05) is 13.0 Å². The molecule has 1 aromatic heterocycles. The molecule has 0 unspecified atom stereocenters. The molecule has 0 N–H and O–H groups in total. The zero-order valence-corrected chi connectivity index (χ0v) is 8.77. The van der Waals surface area contributed by atoms with Crippen molar-refractivity contribution in [2.45, 2.75) is 6.92 Å². The van der Waals surface area contributed by atoms with E-state index in [0.717, 1.165) is 17.4 Å². The molecule has 2 nitrogen and oxygen atoms in total. The molecule has 0 radical (unpaired) electrons. The number of carbonyl (C=O) groups excluding carboxylic acids is 1. The van der Waals surface area contributed by atoms with Crippen LogP contribution < -0.4 is 0 Å². The van der Waals surface area contributed by atoms with Gasteiger partial charge in [-0.1, -0.05) is 0 Å². The van der Waals surface area contributed by atoms with Crippen molar-refractivity contribution in [1.82, 2.24) is 4.98 Å². The first-order valence-corrected chi connectivity index (χ1v) is 4.87. The van der Waals surface area contributed by atoms with Gasteiger partial charge in [0, 0.05) is 23.5 Å². The maximum absolute atomic E-state index is 13.1. The Morgan fingerprint density at radius 1 is 1.25 bits per heavy atom. The molecule has 0 saturated heterocycles. The van der Waals surface area contributed by atoms with E-state index >= 15 is 0 Å². The lowest BCUT2D eigenvalue weighted by Gasteiger charge is -2.05. The zero-order valence-electron chi connectivity index (χ0n) is 8.77. The lowest BCUT2D eigenvalue weighted by Crippen LogP contribution is -1.90. The molecule has 0 bridgehead atoms. The van der Waals surface area contributed by atoms with Crippen LogP contribution in [0, 0.1) is 12.7 Å². The minimum atomic E-state index is -0.359. The molecule has 3 heteroatoms. The molecule has 1 aromatic carbocycles. The number of hydrogen-bond acceptors (Lipinski definition) is 2. The second-order valence-electron chi connectivity index (χ2n) is 3.60. The van der Waals surface area contributed by atoms with E-state index in [4.69, 9.17) is 0 Å². The molecule has 2 rings (SSSR count). The van der Waals surface area contributed by atoms with E-state index in [1.54, 1.807) is 12.4 Å². The van der Waals surface area contributed by atoms with Crippen molar-refractivity contribution >= 4 is 6.29 Å². The number of aldehydes is 1. The fourth-order valence-corrected chi connectivity index (χ4v) is 1.58. The molecule has 0 aliphatic carbocycles. The second kappa shape index (κ2) is 4.23. The summed E-state index contributed by atoms with van der Waals surface area (Å²) >= 11 is 0. The first-order valence-electron chi connectivity index (χ1n) is 4.87. The maximum atomic E-state index is 13.1. The third kappa shape index (κ3) is 1.98. The Morgan fingerprint density at radius 3 is 2.75 bits per heavy atom. The average Bonchev–Trinajstić information content (AvgIpc) is 2.29. The van der Waals surface area contributed by atoms with Gasteiger partial charge in [0.25, 0.3) is 0 Å². The van der Waals surface area contributed by atoms with Crippen LogP contribution in [0.5, 0.6) is 0 Å². The van der Waals surface area contributed by atoms with Crippen LogP contribution in [-0.2, 0) is 0 Å². The first-order chi connectivity index (χ1) is 7.70. The summed E-state index contributed by atoms with van der Waals surface area (Å²) in [6, 6.07) is 5.96. The molecular formula is C13H10FNO. The smallest absolute Gasteiger partial charge is 0.150 e. The van der Waals surface area contributed by atoms with Crippen LogP contribution in [0.1, 0.15) is 15.9 Å². The SMILES string of the molecule is Cc1cncc(-c2cc(F)ccc2C=O)c1. The molecular weight excluding hydrogens is 205 g/mol. The summed E-state index contributed by atoms with van der Waals surface area (Å²) in [6.45, 7) is 1.90. The fraction of sp³-hybridized carbons (Fsp3) is 0.0769. The van der Waals surface area contributed by atoms with Crippen molar-refractivity contribution < 1.29 is 9.18 Å². The van der Waals surface area contributed by atoms with Gasteiger partial charge in [-0.2, -0.15) is 0 Å². The highest BCUT2D eigenvalue weighted by molar-refractivity contribution is 5.87. The van der Waals surface area contributed by atoms with Gasteiger partial charge in [0.15, 0.2) is 6.29 Å². The van der Waals surface area contributed by atoms with Gasteiger partial charge in [0.1, 0.15) is 5.82 Å². The Morgan fingerprint density at radius 2 is 2.06 bits per heavy atom. The van der Waals surface area contributed by atoms with Crippen molar-refractivity contribution in [3.8, 4) is 11.1 Å². The van der Waals surface area contributed by atoms with Crippen LogP contribution in [0.3, 0.4) is 0 Å². The molecule has 0 saturated carbocycles. The maximum Gasteiger partial charge on any atom is 0.150 e. The van der Waals surface area contributed by atoms with Crippen LogP contribution in [-0.4, -0.2) is 11.3 Å². The van der Waals surface area contributed by atoms with Crippen LogP contribution in [0.4, 0.5) is 4.39 Å². The van der Waals surface area contributed by atoms with Gasteiger partial charge in [-0.15, -0.1) is 0 Å². The van der Waals surface area contributed by atoms with E-state index in [2.05, 4.69) is 4.98 Å². The van der Waals surface area contributed by atoms with Crippen LogP contribution in [0.15, 0.2) is 36.7 Å². The van der Waals surface area contributed by atoms with Crippen molar-refractivity contribution in [1.29, 1.82) is 0 Å². The molecule has 0 aliphatic rings. The number of aryl methyl sites for hydroxylation is 1. The quantitative estimate of drug-likeness (QED) is 0.721. The largest absolute Gasteiger partial charge is 0.298 e. The van der Waals surface area contributed by atoms with E-state index in [9.17, 15) is 9.18 Å². The Bertz CT molecular complexity index is 537. The fourth-order valence-electron chi connectivity index (χ4n) is 1.58. The van der Waals surface area contributed by atoms with Crippen molar-refractivity contribution in [3.05, 3.63) is 53.6 Å². The third-order valence-electron chi connectivity index (χ3n) is 2.33. The molecule has 80 valence electrons. The summed E-state index contributed by atoms with van der Waals surface area (Å²) in [5.74, 6) is -0.359. The van der Waals surface area contributed by atoms with Gasteiger partial charge < -0.3 is 0 Å².